The summed E-state index contributed by atoms with van der Waals surface area (Å²) in [7, 11) is 0. The fourth-order valence-electron chi connectivity index (χ4n) is 2.96. The fraction of sp³-hybridized carbons (Fsp3) is 0.0952. The van der Waals surface area contributed by atoms with E-state index in [1.54, 1.807) is 6.20 Å². The molecule has 0 spiro atoms. The monoisotopic (exact) mass is 400 g/mol. The van der Waals surface area contributed by atoms with Crippen LogP contribution in [0.1, 0.15) is 16.8 Å². The quantitative estimate of drug-likeness (QED) is 0.290. The molecule has 2 aromatic heterocycles. The summed E-state index contributed by atoms with van der Waals surface area (Å²) < 4.78 is 0. The maximum absolute atomic E-state index is 12.4. The highest BCUT2D eigenvalue weighted by Crippen LogP contribution is 2.28. The zero-order chi connectivity index (χ0) is 20.1. The van der Waals surface area contributed by atoms with Crippen molar-refractivity contribution in [2.75, 3.05) is 0 Å². The lowest BCUT2D eigenvalue weighted by Gasteiger charge is -2.09. The van der Waals surface area contributed by atoms with E-state index in [0.29, 0.717) is 23.0 Å². The average Bonchev–Trinajstić information content (AvgIpc) is 3.28. The predicted molar refractivity (Wildman–Crippen MR) is 112 cm³/mol. The molecular weight excluding hydrogens is 384 g/mol. The van der Waals surface area contributed by atoms with Gasteiger partial charge in [-0.2, -0.15) is 15.4 Å². The number of aromatic nitrogens is 5. The van der Waals surface area contributed by atoms with Gasteiger partial charge in [0.05, 0.1) is 18.5 Å². The van der Waals surface area contributed by atoms with Gasteiger partial charge in [-0.25, -0.2) is 9.83 Å². The molecule has 0 aliphatic heterocycles. The second kappa shape index (κ2) is 8.54. The van der Waals surface area contributed by atoms with Crippen LogP contribution >= 0.6 is 11.8 Å². The van der Waals surface area contributed by atoms with E-state index in [4.69, 9.17) is 6.57 Å². The van der Waals surface area contributed by atoms with Gasteiger partial charge in [-0.15, -0.1) is 0 Å². The zero-order valence-electron chi connectivity index (χ0n) is 15.3. The van der Waals surface area contributed by atoms with Crippen molar-refractivity contribution in [3.8, 4) is 11.3 Å². The highest BCUT2D eigenvalue weighted by Gasteiger charge is 2.14. The summed E-state index contributed by atoms with van der Waals surface area (Å²) in [6.45, 7) is 7.35. The van der Waals surface area contributed by atoms with Crippen LogP contribution in [0.5, 0.6) is 0 Å². The topological polar surface area (TPSA) is 91.7 Å². The van der Waals surface area contributed by atoms with Gasteiger partial charge in [0.15, 0.2) is 5.16 Å². The first kappa shape index (κ1) is 18.7. The molecule has 0 radical (unpaired) electrons. The lowest BCUT2D eigenvalue weighted by atomic mass is 10.1. The average molecular weight is 400 g/mol. The number of nitrogens with one attached hydrogen (secondary N) is 2. The molecule has 0 atom stereocenters. The summed E-state index contributed by atoms with van der Waals surface area (Å²) >= 11 is 1.42. The van der Waals surface area contributed by atoms with Crippen molar-refractivity contribution < 1.29 is 0 Å². The summed E-state index contributed by atoms with van der Waals surface area (Å²) in [6, 6.07) is 17.6. The van der Waals surface area contributed by atoms with Crippen molar-refractivity contribution in [1.29, 1.82) is 0 Å². The zero-order valence-corrected chi connectivity index (χ0v) is 16.1. The number of H-pyrrole nitrogens is 2. The van der Waals surface area contributed by atoms with Crippen molar-refractivity contribution in [3.63, 3.8) is 0 Å². The smallest absolute Gasteiger partial charge is 0.271 e. The maximum Gasteiger partial charge on any atom is 0.271 e. The molecule has 142 valence electrons. The number of thioether (sulfide) groups is 1. The normalized spacial score (nSPS) is 10.6. The Morgan fingerprint density at radius 1 is 1.07 bits per heavy atom. The SMILES string of the molecule is [C-]#[N+]c1c(Cc2ccccc2)nc(SCc2ccccc2-c2cn[nH]n2)[nH]c1=O. The van der Waals surface area contributed by atoms with Gasteiger partial charge in [0.25, 0.3) is 11.2 Å². The fourth-order valence-corrected chi connectivity index (χ4v) is 3.84. The Kier molecular flexibility index (Phi) is 5.49. The van der Waals surface area contributed by atoms with Crippen molar-refractivity contribution in [2.24, 2.45) is 0 Å². The van der Waals surface area contributed by atoms with Crippen LogP contribution in [0.25, 0.3) is 16.1 Å². The standard InChI is InChI=1S/C21H16N6OS/c1-22-19-17(11-14-7-3-2-4-8-14)24-21(25-20(19)28)29-13-15-9-5-6-10-16(15)18-12-23-27-26-18/h2-10,12H,11,13H2,(H,23,26,27)(H,24,25,28). The Balaban J connectivity index is 1.61. The number of hydrogen-bond donors (Lipinski definition) is 2. The van der Waals surface area contributed by atoms with Gasteiger partial charge >= 0.3 is 0 Å². The summed E-state index contributed by atoms with van der Waals surface area (Å²) in [5.74, 6) is 0.591. The molecular formula is C21H16N6OS. The van der Waals surface area contributed by atoms with E-state index in [-0.39, 0.29) is 5.69 Å². The molecule has 0 aliphatic carbocycles. The third-order valence-corrected chi connectivity index (χ3v) is 5.27. The number of hydrogen-bond acceptors (Lipinski definition) is 5. The van der Waals surface area contributed by atoms with Crippen LogP contribution < -0.4 is 5.56 Å². The summed E-state index contributed by atoms with van der Waals surface area (Å²) in [5, 5.41) is 11.1. The lowest BCUT2D eigenvalue weighted by Crippen LogP contribution is -2.12. The minimum atomic E-state index is -0.409. The van der Waals surface area contributed by atoms with E-state index in [0.717, 1.165) is 22.4 Å². The van der Waals surface area contributed by atoms with Crippen LogP contribution in [0.15, 0.2) is 70.7 Å². The highest BCUT2D eigenvalue weighted by molar-refractivity contribution is 7.98. The van der Waals surface area contributed by atoms with Crippen molar-refractivity contribution >= 4 is 17.4 Å². The minimum absolute atomic E-state index is 0.0428. The Hall–Kier alpha value is -3.70. The van der Waals surface area contributed by atoms with Gasteiger partial charge in [-0.3, -0.25) is 4.79 Å². The molecule has 2 N–H and O–H groups in total. The Morgan fingerprint density at radius 2 is 1.86 bits per heavy atom. The molecule has 7 nitrogen and oxygen atoms in total. The van der Waals surface area contributed by atoms with Crippen LogP contribution in [0, 0.1) is 6.57 Å². The van der Waals surface area contributed by atoms with Crippen LogP contribution in [0.4, 0.5) is 5.69 Å². The summed E-state index contributed by atoms with van der Waals surface area (Å²) in [5.41, 5.74) is 3.90. The Bertz CT molecular complexity index is 1210. The van der Waals surface area contributed by atoms with Gasteiger partial charge in [0, 0.05) is 17.7 Å². The molecule has 0 saturated carbocycles. The molecule has 4 rings (SSSR count). The summed E-state index contributed by atoms with van der Waals surface area (Å²) in [4.78, 5) is 23.1. The van der Waals surface area contributed by atoms with Crippen molar-refractivity contribution in [3.05, 3.63) is 99.4 Å². The third-order valence-electron chi connectivity index (χ3n) is 4.34. The number of benzene rings is 2. The molecule has 8 heteroatoms. The Morgan fingerprint density at radius 3 is 2.62 bits per heavy atom. The molecule has 0 bridgehead atoms. The molecule has 0 aliphatic rings. The first-order chi connectivity index (χ1) is 14.2. The van der Waals surface area contributed by atoms with E-state index >= 15 is 0 Å². The highest BCUT2D eigenvalue weighted by atomic mass is 32.2. The number of rotatable bonds is 6. The van der Waals surface area contributed by atoms with Gasteiger partial charge in [0.1, 0.15) is 5.69 Å². The van der Waals surface area contributed by atoms with Crippen LogP contribution in [-0.2, 0) is 12.2 Å². The van der Waals surface area contributed by atoms with E-state index in [9.17, 15) is 4.79 Å². The van der Waals surface area contributed by atoms with Gasteiger partial charge in [0.2, 0.25) is 0 Å². The van der Waals surface area contributed by atoms with E-state index < -0.39 is 5.56 Å². The summed E-state index contributed by atoms with van der Waals surface area (Å²) in [6.07, 6.45) is 2.11. The van der Waals surface area contributed by atoms with Crippen LogP contribution in [0.2, 0.25) is 0 Å². The van der Waals surface area contributed by atoms with Gasteiger partial charge < -0.3 is 4.98 Å². The first-order valence-electron chi connectivity index (χ1n) is 8.86. The van der Waals surface area contributed by atoms with Gasteiger partial charge in [-0.05, 0) is 11.1 Å². The molecule has 0 fully saturated rings. The molecule has 2 heterocycles. The van der Waals surface area contributed by atoms with E-state index in [1.165, 1.54) is 11.8 Å². The van der Waals surface area contributed by atoms with Crippen LogP contribution in [0.3, 0.4) is 0 Å². The lowest BCUT2D eigenvalue weighted by molar-refractivity contribution is 0.888. The van der Waals surface area contributed by atoms with Crippen molar-refractivity contribution in [1.82, 2.24) is 25.4 Å². The number of nitrogens with zero attached hydrogens (tertiary/aromatic N) is 4. The first-order valence-corrected chi connectivity index (χ1v) is 9.84. The predicted octanol–water partition coefficient (Wildman–Crippen LogP) is 3.99. The Labute approximate surface area is 171 Å². The second-order valence-corrected chi connectivity index (χ2v) is 7.21. The molecule has 2 aromatic carbocycles. The number of aromatic amines is 2. The molecule has 4 aromatic rings. The minimum Gasteiger partial charge on any atom is -0.311 e. The maximum atomic E-state index is 12.4. The van der Waals surface area contributed by atoms with Gasteiger partial charge in [-0.1, -0.05) is 66.4 Å². The van der Waals surface area contributed by atoms with E-state index in [1.807, 2.05) is 54.6 Å². The molecule has 29 heavy (non-hydrogen) atoms. The largest absolute Gasteiger partial charge is 0.311 e. The molecule has 0 unspecified atom stereocenters. The third kappa shape index (κ3) is 4.25. The second-order valence-electron chi connectivity index (χ2n) is 6.24. The molecule has 0 saturated heterocycles. The molecule has 0 amide bonds. The van der Waals surface area contributed by atoms with Crippen LogP contribution in [-0.4, -0.2) is 25.4 Å². The van der Waals surface area contributed by atoms with E-state index in [2.05, 4.69) is 30.2 Å². The van der Waals surface area contributed by atoms with Crippen molar-refractivity contribution in [2.45, 2.75) is 17.3 Å².